The maximum Gasteiger partial charge on any atom is 0.0773 e. The van der Waals surface area contributed by atoms with Crippen molar-refractivity contribution in [2.45, 2.75) is 25.4 Å². The zero-order chi connectivity index (χ0) is 10.4. The van der Waals surface area contributed by atoms with Crippen LogP contribution < -0.4 is 0 Å². The van der Waals surface area contributed by atoms with Crippen LogP contribution in [-0.2, 0) is 18.2 Å². The van der Waals surface area contributed by atoms with Crippen LogP contribution >= 0.6 is 0 Å². The molecule has 80 valence electrons. The van der Waals surface area contributed by atoms with Crippen LogP contribution in [0.2, 0.25) is 0 Å². The van der Waals surface area contributed by atoms with E-state index in [9.17, 15) is 5.11 Å². The maximum absolute atomic E-state index is 9.39. The summed E-state index contributed by atoms with van der Waals surface area (Å²) in [5.41, 5.74) is 1.22. The molecule has 1 rings (SSSR count). The summed E-state index contributed by atoms with van der Waals surface area (Å²) >= 11 is 0. The van der Waals surface area contributed by atoms with Crippen LogP contribution in [-0.4, -0.2) is 34.7 Å². The molecule has 0 radical (unpaired) electrons. The van der Waals surface area contributed by atoms with Crippen molar-refractivity contribution in [3.8, 4) is 0 Å². The highest BCUT2D eigenvalue weighted by molar-refractivity contribution is 5.03. The number of nitrogens with zero attached hydrogens (tertiary/aromatic N) is 2. The van der Waals surface area contributed by atoms with Gasteiger partial charge in [-0.25, -0.2) is 0 Å². The van der Waals surface area contributed by atoms with Crippen molar-refractivity contribution in [3.63, 3.8) is 0 Å². The van der Waals surface area contributed by atoms with E-state index < -0.39 is 0 Å². The Bertz CT molecular complexity index is 260. The normalized spacial score (nSPS) is 13.1. The van der Waals surface area contributed by atoms with Crippen molar-refractivity contribution in [3.05, 3.63) is 18.0 Å². The minimum Gasteiger partial charge on any atom is -0.391 e. The molecule has 1 aromatic heterocycles. The van der Waals surface area contributed by atoms with E-state index in [4.69, 9.17) is 4.74 Å². The first-order valence-corrected chi connectivity index (χ1v) is 4.87. The van der Waals surface area contributed by atoms with Gasteiger partial charge in [-0.1, -0.05) is 0 Å². The van der Waals surface area contributed by atoms with Gasteiger partial charge < -0.3 is 9.84 Å². The summed E-state index contributed by atoms with van der Waals surface area (Å²) in [4.78, 5) is 0. The SMILES string of the molecule is COCC(O)CCCc1cnn(C)c1. The molecule has 1 heterocycles. The van der Waals surface area contributed by atoms with Crippen LogP contribution in [0.5, 0.6) is 0 Å². The van der Waals surface area contributed by atoms with Crippen molar-refractivity contribution in [1.82, 2.24) is 9.78 Å². The molecule has 0 aromatic carbocycles. The lowest BCUT2D eigenvalue weighted by Gasteiger charge is -2.07. The van der Waals surface area contributed by atoms with Crippen molar-refractivity contribution < 1.29 is 9.84 Å². The highest BCUT2D eigenvalue weighted by atomic mass is 16.5. The number of aryl methyl sites for hydroxylation is 2. The lowest BCUT2D eigenvalue weighted by molar-refractivity contribution is 0.0581. The van der Waals surface area contributed by atoms with E-state index in [0.717, 1.165) is 19.3 Å². The second-order valence-electron chi connectivity index (χ2n) is 3.52. The number of hydrogen-bond acceptors (Lipinski definition) is 3. The largest absolute Gasteiger partial charge is 0.391 e. The summed E-state index contributed by atoms with van der Waals surface area (Å²) in [6.07, 6.45) is 6.25. The molecule has 14 heavy (non-hydrogen) atoms. The zero-order valence-electron chi connectivity index (χ0n) is 8.81. The maximum atomic E-state index is 9.39. The van der Waals surface area contributed by atoms with Gasteiger partial charge in [0.25, 0.3) is 0 Å². The van der Waals surface area contributed by atoms with E-state index in [-0.39, 0.29) is 6.10 Å². The van der Waals surface area contributed by atoms with Crippen molar-refractivity contribution >= 4 is 0 Å². The Kier molecular flexibility index (Phi) is 4.62. The Morgan fingerprint density at radius 1 is 1.64 bits per heavy atom. The molecule has 0 aliphatic heterocycles. The zero-order valence-corrected chi connectivity index (χ0v) is 8.81. The van der Waals surface area contributed by atoms with Gasteiger partial charge in [0, 0.05) is 20.4 Å². The summed E-state index contributed by atoms with van der Waals surface area (Å²) in [6.45, 7) is 0.424. The highest BCUT2D eigenvalue weighted by Crippen LogP contribution is 2.05. The fourth-order valence-corrected chi connectivity index (χ4v) is 1.42. The molecule has 0 saturated carbocycles. The Morgan fingerprint density at radius 2 is 2.43 bits per heavy atom. The number of methoxy groups -OCH3 is 1. The van der Waals surface area contributed by atoms with Crippen molar-refractivity contribution in [2.75, 3.05) is 13.7 Å². The number of ether oxygens (including phenoxy) is 1. The standard InChI is InChI=1S/C10H18N2O2/c1-12-7-9(6-11-12)4-3-5-10(13)8-14-2/h6-7,10,13H,3-5,8H2,1-2H3. The molecule has 0 saturated heterocycles. The first-order valence-electron chi connectivity index (χ1n) is 4.87. The van der Waals surface area contributed by atoms with Crippen LogP contribution in [0, 0.1) is 0 Å². The van der Waals surface area contributed by atoms with Gasteiger partial charge >= 0.3 is 0 Å². The molecular weight excluding hydrogens is 180 g/mol. The van der Waals surface area contributed by atoms with E-state index in [1.165, 1.54) is 5.56 Å². The van der Waals surface area contributed by atoms with Gasteiger partial charge in [-0.15, -0.1) is 0 Å². The van der Waals surface area contributed by atoms with E-state index in [2.05, 4.69) is 5.10 Å². The van der Waals surface area contributed by atoms with Crippen LogP contribution in [0.4, 0.5) is 0 Å². The number of hydrogen-bond donors (Lipinski definition) is 1. The molecule has 0 spiro atoms. The third-order valence-electron chi connectivity index (χ3n) is 2.12. The first kappa shape index (κ1) is 11.2. The molecule has 1 atom stereocenters. The van der Waals surface area contributed by atoms with Crippen LogP contribution in [0.15, 0.2) is 12.4 Å². The second-order valence-corrected chi connectivity index (χ2v) is 3.52. The van der Waals surface area contributed by atoms with Gasteiger partial charge in [-0.05, 0) is 24.8 Å². The molecule has 0 aliphatic carbocycles. The van der Waals surface area contributed by atoms with E-state index in [1.54, 1.807) is 11.8 Å². The van der Waals surface area contributed by atoms with Gasteiger partial charge in [-0.3, -0.25) is 4.68 Å². The fourth-order valence-electron chi connectivity index (χ4n) is 1.42. The Hall–Kier alpha value is -0.870. The molecular formula is C10H18N2O2. The van der Waals surface area contributed by atoms with Crippen LogP contribution in [0.1, 0.15) is 18.4 Å². The Morgan fingerprint density at radius 3 is 3.00 bits per heavy atom. The van der Waals surface area contributed by atoms with Crippen LogP contribution in [0.25, 0.3) is 0 Å². The molecule has 0 amide bonds. The average molecular weight is 198 g/mol. The molecule has 1 N–H and O–H groups in total. The summed E-state index contributed by atoms with van der Waals surface area (Å²) in [5, 5.41) is 13.5. The lowest BCUT2D eigenvalue weighted by atomic mass is 10.1. The highest BCUT2D eigenvalue weighted by Gasteiger charge is 2.03. The Labute approximate surface area is 84.5 Å². The Balaban J connectivity index is 2.15. The number of rotatable bonds is 6. The van der Waals surface area contributed by atoms with Crippen molar-refractivity contribution in [1.29, 1.82) is 0 Å². The monoisotopic (exact) mass is 198 g/mol. The lowest BCUT2D eigenvalue weighted by Crippen LogP contribution is -2.13. The van der Waals surface area contributed by atoms with Gasteiger partial charge in [0.15, 0.2) is 0 Å². The third kappa shape index (κ3) is 3.89. The van der Waals surface area contributed by atoms with Gasteiger partial charge in [0.2, 0.25) is 0 Å². The predicted octanol–water partition coefficient (Wildman–Crippen LogP) is 0.750. The summed E-state index contributed by atoms with van der Waals surface area (Å²) in [7, 11) is 3.51. The van der Waals surface area contributed by atoms with Crippen molar-refractivity contribution in [2.24, 2.45) is 7.05 Å². The molecule has 0 fully saturated rings. The van der Waals surface area contributed by atoms with Crippen LogP contribution in [0.3, 0.4) is 0 Å². The van der Waals surface area contributed by atoms with E-state index in [1.807, 2.05) is 19.4 Å². The molecule has 4 nitrogen and oxygen atoms in total. The number of aliphatic hydroxyl groups is 1. The average Bonchev–Trinajstić information content (AvgIpc) is 2.52. The minimum absolute atomic E-state index is 0.336. The topological polar surface area (TPSA) is 47.3 Å². The quantitative estimate of drug-likeness (QED) is 0.733. The minimum atomic E-state index is -0.336. The van der Waals surface area contributed by atoms with E-state index >= 15 is 0 Å². The molecule has 1 unspecified atom stereocenters. The summed E-state index contributed by atoms with van der Waals surface area (Å²) < 4.78 is 6.64. The molecule has 0 bridgehead atoms. The second kappa shape index (κ2) is 5.78. The third-order valence-corrected chi connectivity index (χ3v) is 2.12. The summed E-state index contributed by atoms with van der Waals surface area (Å²) in [6, 6.07) is 0. The first-order chi connectivity index (χ1) is 6.72. The number of aliphatic hydroxyl groups excluding tert-OH is 1. The van der Waals surface area contributed by atoms with Gasteiger partial charge in [0.05, 0.1) is 18.9 Å². The molecule has 0 aliphatic rings. The smallest absolute Gasteiger partial charge is 0.0773 e. The molecule has 1 aromatic rings. The van der Waals surface area contributed by atoms with Gasteiger partial charge in [-0.2, -0.15) is 5.10 Å². The summed E-state index contributed by atoms with van der Waals surface area (Å²) in [5.74, 6) is 0. The number of aromatic nitrogens is 2. The predicted molar refractivity (Wildman–Crippen MR) is 54.0 cm³/mol. The fraction of sp³-hybridized carbons (Fsp3) is 0.700. The van der Waals surface area contributed by atoms with Gasteiger partial charge in [0.1, 0.15) is 0 Å². The van der Waals surface area contributed by atoms with E-state index in [0.29, 0.717) is 6.61 Å². The molecule has 4 heteroatoms.